The minimum absolute atomic E-state index is 0.103. The maximum atomic E-state index is 12.7. The number of carbonyl (C=O) groups is 1. The quantitative estimate of drug-likeness (QED) is 0.742. The Bertz CT molecular complexity index is 878. The predicted octanol–water partition coefficient (Wildman–Crippen LogP) is 4.11. The second-order valence-corrected chi connectivity index (χ2v) is 8.51. The SMILES string of the molecule is CSc1ccc(S(=O)(=O)Nc2cccc(C)c2)cc1NC(=O)C(C)C. The molecular formula is C18H22N2O3S2. The van der Waals surface area contributed by atoms with Gasteiger partial charge in [-0.05, 0) is 49.1 Å². The van der Waals surface area contributed by atoms with Gasteiger partial charge in [0.25, 0.3) is 10.0 Å². The highest BCUT2D eigenvalue weighted by Gasteiger charge is 2.18. The Morgan fingerprint density at radius 3 is 2.44 bits per heavy atom. The van der Waals surface area contributed by atoms with Crippen LogP contribution >= 0.6 is 11.8 Å². The van der Waals surface area contributed by atoms with Crippen LogP contribution in [0.5, 0.6) is 0 Å². The minimum Gasteiger partial charge on any atom is -0.325 e. The van der Waals surface area contributed by atoms with E-state index < -0.39 is 10.0 Å². The van der Waals surface area contributed by atoms with Crippen LogP contribution in [0.1, 0.15) is 19.4 Å². The zero-order valence-electron chi connectivity index (χ0n) is 14.7. The first-order valence-electron chi connectivity index (χ1n) is 7.81. The lowest BCUT2D eigenvalue weighted by molar-refractivity contribution is -0.118. The molecule has 7 heteroatoms. The summed E-state index contributed by atoms with van der Waals surface area (Å²) in [5.74, 6) is -0.350. The molecule has 2 N–H and O–H groups in total. The van der Waals surface area contributed by atoms with Gasteiger partial charge in [-0.3, -0.25) is 9.52 Å². The van der Waals surface area contributed by atoms with E-state index in [9.17, 15) is 13.2 Å². The van der Waals surface area contributed by atoms with Crippen LogP contribution in [0, 0.1) is 12.8 Å². The molecule has 2 aromatic carbocycles. The van der Waals surface area contributed by atoms with Gasteiger partial charge in [-0.1, -0.05) is 26.0 Å². The summed E-state index contributed by atoms with van der Waals surface area (Å²) in [5.41, 5.74) is 1.96. The largest absolute Gasteiger partial charge is 0.325 e. The molecule has 0 aromatic heterocycles. The summed E-state index contributed by atoms with van der Waals surface area (Å²) in [7, 11) is -3.74. The molecule has 0 heterocycles. The molecule has 1 amide bonds. The number of nitrogens with one attached hydrogen (secondary N) is 2. The predicted molar refractivity (Wildman–Crippen MR) is 104 cm³/mol. The van der Waals surface area contributed by atoms with E-state index in [1.54, 1.807) is 38.1 Å². The van der Waals surface area contributed by atoms with Gasteiger partial charge >= 0.3 is 0 Å². The van der Waals surface area contributed by atoms with Crippen LogP contribution in [-0.2, 0) is 14.8 Å². The van der Waals surface area contributed by atoms with E-state index in [-0.39, 0.29) is 16.7 Å². The molecule has 134 valence electrons. The van der Waals surface area contributed by atoms with Gasteiger partial charge in [-0.15, -0.1) is 11.8 Å². The summed E-state index contributed by atoms with van der Waals surface area (Å²) in [6, 6.07) is 11.9. The number of aryl methyl sites for hydroxylation is 1. The van der Waals surface area contributed by atoms with Crippen molar-refractivity contribution in [3.05, 3.63) is 48.0 Å². The molecule has 0 aliphatic heterocycles. The summed E-state index contributed by atoms with van der Waals surface area (Å²) in [6.07, 6.45) is 1.87. The van der Waals surface area contributed by atoms with Crippen molar-refractivity contribution in [3.63, 3.8) is 0 Å². The van der Waals surface area contributed by atoms with E-state index in [2.05, 4.69) is 10.0 Å². The lowest BCUT2D eigenvalue weighted by Gasteiger charge is -2.14. The third-order valence-corrected chi connectivity index (χ3v) is 5.71. The lowest BCUT2D eigenvalue weighted by Crippen LogP contribution is -2.19. The van der Waals surface area contributed by atoms with Gasteiger partial charge in [0.2, 0.25) is 5.91 Å². The summed E-state index contributed by atoms with van der Waals surface area (Å²) in [6.45, 7) is 5.46. The van der Waals surface area contributed by atoms with Crippen LogP contribution in [0.15, 0.2) is 52.3 Å². The van der Waals surface area contributed by atoms with Crippen LogP contribution in [0.4, 0.5) is 11.4 Å². The van der Waals surface area contributed by atoms with Crippen molar-refractivity contribution in [1.29, 1.82) is 0 Å². The van der Waals surface area contributed by atoms with E-state index in [1.165, 1.54) is 23.9 Å². The van der Waals surface area contributed by atoms with Crippen LogP contribution in [-0.4, -0.2) is 20.6 Å². The number of sulfonamides is 1. The normalized spacial score (nSPS) is 11.4. The molecule has 0 spiro atoms. The fourth-order valence-electron chi connectivity index (χ4n) is 2.15. The minimum atomic E-state index is -3.74. The Balaban J connectivity index is 2.36. The Morgan fingerprint density at radius 2 is 1.84 bits per heavy atom. The standard InChI is InChI=1S/C18H22N2O3S2/c1-12(2)18(21)19-16-11-15(8-9-17(16)24-4)25(22,23)20-14-7-5-6-13(3)10-14/h5-12,20H,1-4H3,(H,19,21). The average Bonchev–Trinajstić information content (AvgIpc) is 2.54. The molecule has 0 bridgehead atoms. The third kappa shape index (κ3) is 4.99. The number of benzene rings is 2. The fourth-order valence-corrected chi connectivity index (χ4v) is 3.76. The summed E-state index contributed by atoms with van der Waals surface area (Å²) in [4.78, 5) is 12.9. The number of anilines is 2. The van der Waals surface area contributed by atoms with Crippen LogP contribution in [0.3, 0.4) is 0 Å². The molecule has 2 aromatic rings. The van der Waals surface area contributed by atoms with Gasteiger partial charge in [-0.2, -0.15) is 0 Å². The summed E-state index contributed by atoms with van der Waals surface area (Å²) >= 11 is 1.44. The monoisotopic (exact) mass is 378 g/mol. The zero-order valence-corrected chi connectivity index (χ0v) is 16.3. The van der Waals surface area contributed by atoms with Crippen LogP contribution in [0.2, 0.25) is 0 Å². The Hall–Kier alpha value is -1.99. The van der Waals surface area contributed by atoms with Crippen molar-refractivity contribution < 1.29 is 13.2 Å². The van der Waals surface area contributed by atoms with E-state index in [0.717, 1.165) is 10.5 Å². The molecule has 0 fully saturated rings. The zero-order chi connectivity index (χ0) is 18.6. The molecule has 5 nitrogen and oxygen atoms in total. The van der Waals surface area contributed by atoms with E-state index >= 15 is 0 Å². The second kappa shape index (κ2) is 7.93. The van der Waals surface area contributed by atoms with Crippen molar-refractivity contribution in [3.8, 4) is 0 Å². The molecule has 0 saturated carbocycles. The van der Waals surface area contributed by atoms with Crippen molar-refractivity contribution in [2.24, 2.45) is 5.92 Å². The highest BCUT2D eigenvalue weighted by molar-refractivity contribution is 7.98. The summed E-state index contributed by atoms with van der Waals surface area (Å²) < 4.78 is 27.9. The Morgan fingerprint density at radius 1 is 1.12 bits per heavy atom. The molecule has 2 rings (SSSR count). The first-order valence-corrected chi connectivity index (χ1v) is 10.5. The third-order valence-electron chi connectivity index (χ3n) is 3.53. The van der Waals surface area contributed by atoms with Gasteiger partial charge in [0.15, 0.2) is 0 Å². The van der Waals surface area contributed by atoms with Gasteiger partial charge in [0, 0.05) is 16.5 Å². The number of rotatable bonds is 6. The molecule has 25 heavy (non-hydrogen) atoms. The van der Waals surface area contributed by atoms with Crippen molar-refractivity contribution >= 4 is 39.1 Å². The topological polar surface area (TPSA) is 75.3 Å². The molecule has 0 saturated heterocycles. The van der Waals surface area contributed by atoms with Gasteiger partial charge in [0.05, 0.1) is 10.6 Å². The maximum absolute atomic E-state index is 12.7. The smallest absolute Gasteiger partial charge is 0.261 e. The number of carbonyl (C=O) groups excluding carboxylic acids is 1. The highest BCUT2D eigenvalue weighted by Crippen LogP contribution is 2.29. The van der Waals surface area contributed by atoms with Crippen molar-refractivity contribution in [2.45, 2.75) is 30.6 Å². The lowest BCUT2D eigenvalue weighted by atomic mass is 10.2. The molecule has 0 unspecified atom stereocenters. The number of amides is 1. The molecule has 0 atom stereocenters. The molecular weight excluding hydrogens is 356 g/mol. The van der Waals surface area contributed by atoms with Crippen molar-refractivity contribution in [1.82, 2.24) is 0 Å². The summed E-state index contributed by atoms with van der Waals surface area (Å²) in [5, 5.41) is 2.79. The Kier molecular flexibility index (Phi) is 6.13. The number of thioether (sulfide) groups is 1. The van der Waals surface area contributed by atoms with E-state index in [0.29, 0.717) is 11.4 Å². The van der Waals surface area contributed by atoms with Crippen molar-refractivity contribution in [2.75, 3.05) is 16.3 Å². The number of hydrogen-bond donors (Lipinski definition) is 2. The molecule has 0 aliphatic rings. The maximum Gasteiger partial charge on any atom is 0.261 e. The van der Waals surface area contributed by atoms with Crippen LogP contribution in [0.25, 0.3) is 0 Å². The molecule has 0 radical (unpaired) electrons. The van der Waals surface area contributed by atoms with E-state index in [1.807, 2.05) is 19.2 Å². The number of hydrogen-bond acceptors (Lipinski definition) is 4. The van der Waals surface area contributed by atoms with Gasteiger partial charge in [-0.25, -0.2) is 8.42 Å². The first kappa shape index (κ1) is 19.3. The van der Waals surface area contributed by atoms with Gasteiger partial charge in [0.1, 0.15) is 0 Å². The van der Waals surface area contributed by atoms with Gasteiger partial charge < -0.3 is 5.32 Å². The second-order valence-electron chi connectivity index (χ2n) is 5.98. The molecule has 0 aliphatic carbocycles. The van der Waals surface area contributed by atoms with Crippen LogP contribution < -0.4 is 10.0 Å². The average molecular weight is 379 g/mol. The fraction of sp³-hybridized carbons (Fsp3) is 0.278. The van der Waals surface area contributed by atoms with E-state index in [4.69, 9.17) is 0 Å². The Labute approximate surface area is 153 Å². The highest BCUT2D eigenvalue weighted by atomic mass is 32.2. The first-order chi connectivity index (χ1) is 11.7.